The third-order valence-corrected chi connectivity index (χ3v) is 3.94. The Balaban J connectivity index is 1.61. The van der Waals surface area contributed by atoms with Gasteiger partial charge in [0, 0.05) is 41.9 Å². The van der Waals surface area contributed by atoms with Crippen molar-refractivity contribution in [2.24, 2.45) is 0 Å². The molecular weight excluding hydrogens is 320 g/mol. The van der Waals surface area contributed by atoms with Crippen molar-refractivity contribution in [2.75, 3.05) is 6.54 Å². The molecule has 7 nitrogen and oxygen atoms in total. The van der Waals surface area contributed by atoms with E-state index in [4.69, 9.17) is 0 Å². The standard InChI is InChI=1S/C18H18N4O3/c1-12-16(13-6-2-3-7-14(13)21-12)17(24)18(25)19-9-5-11-22-15(23)8-4-10-20-22/h2-4,6-8,10,21H,5,9,11H2,1H3,(H,19,25). The molecule has 2 N–H and O–H groups in total. The number of aromatic nitrogens is 3. The van der Waals surface area contributed by atoms with Crippen LogP contribution in [-0.4, -0.2) is 33.0 Å². The monoisotopic (exact) mass is 338 g/mol. The van der Waals surface area contributed by atoms with Gasteiger partial charge in [-0.25, -0.2) is 4.68 Å². The van der Waals surface area contributed by atoms with E-state index < -0.39 is 11.7 Å². The number of nitrogens with one attached hydrogen (secondary N) is 2. The minimum absolute atomic E-state index is 0.195. The van der Waals surface area contributed by atoms with Gasteiger partial charge in [-0.1, -0.05) is 18.2 Å². The maximum absolute atomic E-state index is 12.5. The highest BCUT2D eigenvalue weighted by Gasteiger charge is 2.22. The number of ketones is 1. The number of hydrogen-bond donors (Lipinski definition) is 2. The molecule has 0 atom stereocenters. The Morgan fingerprint density at radius 2 is 2.00 bits per heavy atom. The van der Waals surface area contributed by atoms with E-state index >= 15 is 0 Å². The normalized spacial score (nSPS) is 10.8. The Bertz CT molecular complexity index is 987. The lowest BCUT2D eigenvalue weighted by Gasteiger charge is -2.06. The average Bonchev–Trinajstić information content (AvgIpc) is 2.95. The first-order valence-corrected chi connectivity index (χ1v) is 8.00. The number of rotatable bonds is 6. The highest BCUT2D eigenvalue weighted by molar-refractivity contribution is 6.45. The molecule has 0 aliphatic heterocycles. The molecule has 1 aromatic carbocycles. The van der Waals surface area contributed by atoms with Crippen molar-refractivity contribution in [2.45, 2.75) is 19.9 Å². The lowest BCUT2D eigenvalue weighted by molar-refractivity contribution is -0.117. The molecule has 0 radical (unpaired) electrons. The zero-order valence-corrected chi connectivity index (χ0v) is 13.8. The van der Waals surface area contributed by atoms with E-state index in [1.807, 2.05) is 24.3 Å². The first kappa shape index (κ1) is 16.6. The second kappa shape index (κ2) is 7.12. The SMILES string of the molecule is Cc1[nH]c2ccccc2c1C(=O)C(=O)NCCCn1ncccc1=O. The van der Waals surface area contributed by atoms with E-state index in [9.17, 15) is 14.4 Å². The Labute approximate surface area is 143 Å². The minimum atomic E-state index is -0.652. The van der Waals surface area contributed by atoms with Crippen molar-refractivity contribution < 1.29 is 9.59 Å². The zero-order valence-electron chi connectivity index (χ0n) is 13.8. The summed E-state index contributed by atoms with van der Waals surface area (Å²) < 4.78 is 1.32. The fourth-order valence-electron chi connectivity index (χ4n) is 2.75. The molecule has 3 rings (SSSR count). The molecule has 25 heavy (non-hydrogen) atoms. The highest BCUT2D eigenvalue weighted by atomic mass is 16.2. The molecule has 2 heterocycles. The Kier molecular flexibility index (Phi) is 4.74. The molecule has 3 aromatic rings. The van der Waals surface area contributed by atoms with Crippen LogP contribution in [0.2, 0.25) is 0 Å². The van der Waals surface area contributed by atoms with Crippen LogP contribution in [0.25, 0.3) is 10.9 Å². The molecular formula is C18H18N4O3. The number of Topliss-reactive ketones (excluding diaryl/α,β-unsaturated/α-hetero) is 1. The summed E-state index contributed by atoms with van der Waals surface area (Å²) in [5.74, 6) is -1.22. The molecule has 7 heteroatoms. The number of nitrogens with zero attached hydrogens (tertiary/aromatic N) is 2. The first-order valence-electron chi connectivity index (χ1n) is 8.00. The summed E-state index contributed by atoms with van der Waals surface area (Å²) in [5, 5.41) is 7.28. The van der Waals surface area contributed by atoms with Crippen LogP contribution in [0.5, 0.6) is 0 Å². The van der Waals surface area contributed by atoms with Crippen LogP contribution in [-0.2, 0) is 11.3 Å². The van der Waals surface area contributed by atoms with Gasteiger partial charge in [0.05, 0.1) is 5.56 Å². The summed E-state index contributed by atoms with van der Waals surface area (Å²) in [5.41, 5.74) is 1.69. The third-order valence-electron chi connectivity index (χ3n) is 3.94. The zero-order chi connectivity index (χ0) is 17.8. The van der Waals surface area contributed by atoms with Crippen LogP contribution in [0.4, 0.5) is 0 Å². The molecule has 0 aliphatic rings. The van der Waals surface area contributed by atoms with Crippen LogP contribution < -0.4 is 10.9 Å². The van der Waals surface area contributed by atoms with Crippen molar-refractivity contribution >= 4 is 22.6 Å². The number of amides is 1. The third kappa shape index (κ3) is 3.50. The van der Waals surface area contributed by atoms with Crippen molar-refractivity contribution in [3.63, 3.8) is 0 Å². The summed E-state index contributed by atoms with van der Waals surface area (Å²) >= 11 is 0. The second-order valence-corrected chi connectivity index (χ2v) is 5.69. The van der Waals surface area contributed by atoms with Gasteiger partial charge in [-0.3, -0.25) is 14.4 Å². The van der Waals surface area contributed by atoms with Gasteiger partial charge in [-0.2, -0.15) is 5.10 Å². The fraction of sp³-hybridized carbons (Fsp3) is 0.222. The van der Waals surface area contributed by atoms with Gasteiger partial charge in [-0.05, 0) is 25.5 Å². The number of aromatic amines is 1. The van der Waals surface area contributed by atoms with Gasteiger partial charge < -0.3 is 10.3 Å². The molecule has 0 spiro atoms. The van der Waals surface area contributed by atoms with Gasteiger partial charge in [0.2, 0.25) is 0 Å². The van der Waals surface area contributed by atoms with Crippen LogP contribution in [0.3, 0.4) is 0 Å². The summed E-state index contributed by atoms with van der Waals surface area (Å²) in [7, 11) is 0. The number of carbonyl (C=O) groups is 2. The Morgan fingerprint density at radius 3 is 2.80 bits per heavy atom. The van der Waals surface area contributed by atoms with Gasteiger partial charge in [0.25, 0.3) is 17.2 Å². The van der Waals surface area contributed by atoms with Crippen molar-refractivity contribution in [1.29, 1.82) is 0 Å². The molecule has 2 aromatic heterocycles. The van der Waals surface area contributed by atoms with Gasteiger partial charge in [0.1, 0.15) is 0 Å². The maximum Gasteiger partial charge on any atom is 0.292 e. The van der Waals surface area contributed by atoms with E-state index in [0.29, 0.717) is 24.2 Å². The molecule has 0 saturated carbocycles. The number of para-hydroxylation sites is 1. The summed E-state index contributed by atoms with van der Waals surface area (Å²) in [4.78, 5) is 39.3. The smallest absolute Gasteiger partial charge is 0.292 e. The number of fused-ring (bicyclic) bond motifs is 1. The van der Waals surface area contributed by atoms with Crippen molar-refractivity contribution in [3.8, 4) is 0 Å². The maximum atomic E-state index is 12.5. The minimum Gasteiger partial charge on any atom is -0.358 e. The van der Waals surface area contributed by atoms with E-state index in [0.717, 1.165) is 10.9 Å². The van der Waals surface area contributed by atoms with Gasteiger partial charge >= 0.3 is 0 Å². The lowest BCUT2D eigenvalue weighted by Crippen LogP contribution is -2.33. The number of aryl methyl sites for hydroxylation is 2. The van der Waals surface area contributed by atoms with Gasteiger partial charge in [0.15, 0.2) is 0 Å². The molecule has 0 bridgehead atoms. The topological polar surface area (TPSA) is 96.8 Å². The number of carbonyl (C=O) groups excluding carboxylic acids is 2. The van der Waals surface area contributed by atoms with Crippen LogP contribution in [0, 0.1) is 6.92 Å². The number of hydrogen-bond acceptors (Lipinski definition) is 4. The fourth-order valence-corrected chi connectivity index (χ4v) is 2.75. The largest absolute Gasteiger partial charge is 0.358 e. The van der Waals surface area contributed by atoms with E-state index in [-0.39, 0.29) is 12.1 Å². The van der Waals surface area contributed by atoms with E-state index in [1.165, 1.54) is 16.9 Å². The first-order chi connectivity index (χ1) is 12.1. The summed E-state index contributed by atoms with van der Waals surface area (Å²) in [6.45, 7) is 2.43. The second-order valence-electron chi connectivity index (χ2n) is 5.69. The molecule has 0 fully saturated rings. The Morgan fingerprint density at radius 1 is 1.20 bits per heavy atom. The van der Waals surface area contributed by atoms with Crippen molar-refractivity contribution in [3.05, 3.63) is 64.2 Å². The molecule has 0 saturated heterocycles. The summed E-state index contributed by atoms with van der Waals surface area (Å²) in [6.07, 6.45) is 2.03. The highest BCUT2D eigenvalue weighted by Crippen LogP contribution is 2.22. The summed E-state index contributed by atoms with van der Waals surface area (Å²) in [6, 6.07) is 10.4. The average molecular weight is 338 g/mol. The Hall–Kier alpha value is -3.22. The van der Waals surface area contributed by atoms with Crippen LogP contribution in [0.15, 0.2) is 47.4 Å². The van der Waals surface area contributed by atoms with E-state index in [1.54, 1.807) is 13.0 Å². The van der Waals surface area contributed by atoms with Crippen molar-refractivity contribution in [1.82, 2.24) is 20.1 Å². The van der Waals surface area contributed by atoms with Crippen LogP contribution in [0.1, 0.15) is 22.5 Å². The van der Waals surface area contributed by atoms with Gasteiger partial charge in [-0.15, -0.1) is 0 Å². The number of benzene rings is 1. The lowest BCUT2D eigenvalue weighted by atomic mass is 10.1. The molecule has 0 unspecified atom stereocenters. The molecule has 128 valence electrons. The quantitative estimate of drug-likeness (QED) is 0.403. The predicted molar refractivity (Wildman–Crippen MR) is 93.5 cm³/mol. The number of H-pyrrole nitrogens is 1. The van der Waals surface area contributed by atoms with Crippen LogP contribution >= 0.6 is 0 Å². The molecule has 0 aliphatic carbocycles. The predicted octanol–water partition coefficient (Wildman–Crippen LogP) is 1.42. The van der Waals surface area contributed by atoms with E-state index in [2.05, 4.69) is 15.4 Å². The molecule has 1 amide bonds.